The second kappa shape index (κ2) is 1.86. The summed E-state index contributed by atoms with van der Waals surface area (Å²) >= 11 is 2.62. The van der Waals surface area contributed by atoms with E-state index in [4.69, 9.17) is 0 Å². The predicted octanol–water partition coefficient (Wildman–Crippen LogP) is 2.61. The molecule has 0 aromatic carbocycles. The van der Waals surface area contributed by atoms with E-state index in [0.29, 0.717) is 0 Å². The van der Waals surface area contributed by atoms with E-state index in [0.717, 1.165) is 15.8 Å². The van der Waals surface area contributed by atoms with Crippen LogP contribution in [0.3, 0.4) is 0 Å². The van der Waals surface area contributed by atoms with Gasteiger partial charge in [0.1, 0.15) is 0 Å². The molecule has 0 spiro atoms. The number of halogens is 1. The normalized spacial score (nSPS) is 52.9. The smallest absolute Gasteiger partial charge is 0.0141 e. The molecule has 0 aliphatic heterocycles. The second-order valence-electron chi connectivity index (χ2n) is 3.19. The first-order valence-electron chi connectivity index (χ1n) is 3.50. The minimum atomic E-state index is 1.05. The second-order valence-corrected chi connectivity index (χ2v) is 4.79. The molecule has 2 aliphatic rings. The molecule has 0 amide bonds. The van der Waals surface area contributed by atoms with Gasteiger partial charge < -0.3 is 0 Å². The third-order valence-corrected chi connectivity index (χ3v) is 4.18. The van der Waals surface area contributed by atoms with Crippen LogP contribution in [0, 0.1) is 11.8 Å². The Kier molecular flexibility index (Phi) is 1.28. The Morgan fingerprint density at radius 1 is 1.12 bits per heavy atom. The van der Waals surface area contributed by atoms with Gasteiger partial charge in [-0.15, -0.1) is 0 Å². The maximum atomic E-state index is 2.62. The summed E-state index contributed by atoms with van der Waals surface area (Å²) < 4.78 is 1.05. The van der Waals surface area contributed by atoms with Crippen LogP contribution in [0.15, 0.2) is 0 Å². The molecular formula is C7H11I. The van der Waals surface area contributed by atoms with Gasteiger partial charge in [0, 0.05) is 3.92 Å². The van der Waals surface area contributed by atoms with Crippen molar-refractivity contribution in [2.24, 2.45) is 11.8 Å². The zero-order chi connectivity index (χ0) is 5.56. The van der Waals surface area contributed by atoms with Crippen molar-refractivity contribution in [3.05, 3.63) is 0 Å². The third-order valence-electron chi connectivity index (χ3n) is 2.65. The molecule has 0 unspecified atom stereocenters. The fourth-order valence-corrected chi connectivity index (χ4v) is 3.54. The van der Waals surface area contributed by atoms with Gasteiger partial charge in [-0.1, -0.05) is 29.0 Å². The maximum Gasteiger partial charge on any atom is 0.0141 e. The average molecular weight is 222 g/mol. The van der Waals surface area contributed by atoms with Gasteiger partial charge in [0.15, 0.2) is 0 Å². The number of rotatable bonds is 0. The fourth-order valence-electron chi connectivity index (χ4n) is 2.17. The molecule has 2 fully saturated rings. The number of fused-ring (bicyclic) bond motifs is 2. The van der Waals surface area contributed by atoms with E-state index in [1.807, 2.05) is 0 Å². The van der Waals surface area contributed by atoms with Crippen LogP contribution >= 0.6 is 22.6 Å². The van der Waals surface area contributed by atoms with E-state index in [2.05, 4.69) is 22.6 Å². The van der Waals surface area contributed by atoms with Crippen molar-refractivity contribution in [2.75, 3.05) is 0 Å². The van der Waals surface area contributed by atoms with Gasteiger partial charge >= 0.3 is 0 Å². The minimum Gasteiger partial charge on any atom is -0.0823 e. The summed E-state index contributed by atoms with van der Waals surface area (Å²) in [5.74, 6) is 2.27. The molecule has 2 bridgehead atoms. The molecule has 3 atom stereocenters. The highest BCUT2D eigenvalue weighted by Gasteiger charge is 2.37. The van der Waals surface area contributed by atoms with E-state index < -0.39 is 0 Å². The SMILES string of the molecule is I[C@H]1C[C@@H]2CC[C@H]1C2. The van der Waals surface area contributed by atoms with E-state index in [1.54, 1.807) is 12.8 Å². The highest BCUT2D eigenvalue weighted by atomic mass is 127. The van der Waals surface area contributed by atoms with E-state index in [1.165, 1.54) is 12.8 Å². The number of hydrogen-bond acceptors (Lipinski definition) is 0. The summed E-state index contributed by atoms with van der Waals surface area (Å²) in [5, 5.41) is 0. The van der Waals surface area contributed by atoms with Gasteiger partial charge in [-0.3, -0.25) is 0 Å². The molecule has 0 saturated heterocycles. The Hall–Kier alpha value is 0.730. The largest absolute Gasteiger partial charge is 0.0823 e. The molecule has 0 radical (unpaired) electrons. The van der Waals surface area contributed by atoms with Crippen LogP contribution in [0.4, 0.5) is 0 Å². The van der Waals surface area contributed by atoms with Crippen LogP contribution in [-0.2, 0) is 0 Å². The molecule has 1 heteroatoms. The lowest BCUT2D eigenvalue weighted by molar-refractivity contribution is 0.503. The van der Waals surface area contributed by atoms with Gasteiger partial charge in [-0.25, -0.2) is 0 Å². The van der Waals surface area contributed by atoms with Crippen molar-refractivity contribution in [1.82, 2.24) is 0 Å². The van der Waals surface area contributed by atoms with Crippen LogP contribution in [0.25, 0.3) is 0 Å². The highest BCUT2D eigenvalue weighted by molar-refractivity contribution is 14.1. The molecule has 0 nitrogen and oxygen atoms in total. The van der Waals surface area contributed by atoms with Crippen LogP contribution < -0.4 is 0 Å². The molecule has 2 aliphatic carbocycles. The van der Waals surface area contributed by atoms with Crippen LogP contribution in [-0.4, -0.2) is 3.92 Å². The summed E-state index contributed by atoms with van der Waals surface area (Å²) in [5.41, 5.74) is 0. The summed E-state index contributed by atoms with van der Waals surface area (Å²) in [6.07, 6.45) is 6.18. The summed E-state index contributed by atoms with van der Waals surface area (Å²) in [6, 6.07) is 0. The first-order valence-corrected chi connectivity index (χ1v) is 4.75. The monoisotopic (exact) mass is 222 g/mol. The van der Waals surface area contributed by atoms with Crippen LogP contribution in [0.5, 0.6) is 0 Å². The molecule has 0 aromatic rings. The molecule has 8 heavy (non-hydrogen) atoms. The van der Waals surface area contributed by atoms with E-state index in [-0.39, 0.29) is 0 Å². The summed E-state index contributed by atoms with van der Waals surface area (Å²) in [6.45, 7) is 0. The third kappa shape index (κ3) is 0.703. The van der Waals surface area contributed by atoms with Crippen LogP contribution in [0.2, 0.25) is 0 Å². The van der Waals surface area contributed by atoms with Crippen molar-refractivity contribution >= 4 is 22.6 Å². The van der Waals surface area contributed by atoms with Crippen molar-refractivity contribution < 1.29 is 0 Å². The zero-order valence-corrected chi connectivity index (χ0v) is 7.10. The zero-order valence-electron chi connectivity index (χ0n) is 4.94. The first kappa shape index (κ1) is 5.51. The van der Waals surface area contributed by atoms with Gasteiger partial charge in [-0.05, 0) is 31.1 Å². The van der Waals surface area contributed by atoms with Gasteiger partial charge in [-0.2, -0.15) is 0 Å². The van der Waals surface area contributed by atoms with Crippen molar-refractivity contribution in [2.45, 2.75) is 29.6 Å². The summed E-state index contributed by atoms with van der Waals surface area (Å²) in [7, 11) is 0. The number of hydrogen-bond donors (Lipinski definition) is 0. The Morgan fingerprint density at radius 2 is 2.00 bits per heavy atom. The molecule has 2 rings (SSSR count). The lowest BCUT2D eigenvalue weighted by atomic mass is 10.0. The Balaban J connectivity index is 2.11. The predicted molar refractivity (Wildman–Crippen MR) is 43.3 cm³/mol. The topological polar surface area (TPSA) is 0 Å². The Morgan fingerprint density at radius 3 is 2.25 bits per heavy atom. The molecule has 0 aromatic heterocycles. The highest BCUT2D eigenvalue weighted by Crippen LogP contribution is 2.47. The standard InChI is InChI=1S/C7H11I/c8-7-4-5-1-2-6(7)3-5/h5-7H,1-4H2/t5-,6+,7+/m1/s1. The molecule has 2 saturated carbocycles. The minimum absolute atomic E-state index is 1.05. The average Bonchev–Trinajstić information content (AvgIpc) is 2.23. The Labute approximate surface area is 64.2 Å². The van der Waals surface area contributed by atoms with Crippen molar-refractivity contribution in [3.8, 4) is 0 Å². The van der Waals surface area contributed by atoms with Gasteiger partial charge in [0.25, 0.3) is 0 Å². The summed E-state index contributed by atoms with van der Waals surface area (Å²) in [4.78, 5) is 0. The van der Waals surface area contributed by atoms with Gasteiger partial charge in [0.05, 0.1) is 0 Å². The first-order chi connectivity index (χ1) is 3.86. The quantitative estimate of drug-likeness (QED) is 0.436. The lowest BCUT2D eigenvalue weighted by Crippen LogP contribution is -2.07. The van der Waals surface area contributed by atoms with Crippen molar-refractivity contribution in [3.63, 3.8) is 0 Å². The van der Waals surface area contributed by atoms with E-state index >= 15 is 0 Å². The maximum absolute atomic E-state index is 2.62. The fraction of sp³-hybridized carbons (Fsp3) is 1.00. The number of alkyl halides is 1. The van der Waals surface area contributed by atoms with Crippen LogP contribution in [0.1, 0.15) is 25.7 Å². The lowest BCUT2D eigenvalue weighted by Gasteiger charge is -2.13. The Bertz CT molecular complexity index is 98.6. The molecule has 0 N–H and O–H groups in total. The molecular weight excluding hydrogens is 211 g/mol. The van der Waals surface area contributed by atoms with Crippen molar-refractivity contribution in [1.29, 1.82) is 0 Å². The molecule has 0 heterocycles. The van der Waals surface area contributed by atoms with Gasteiger partial charge in [0.2, 0.25) is 0 Å². The van der Waals surface area contributed by atoms with E-state index in [9.17, 15) is 0 Å². The molecule has 46 valence electrons.